The number of aliphatic imine (C=N–C) groups is 1. The molecule has 0 radical (unpaired) electrons. The van der Waals surface area contributed by atoms with Crippen LogP contribution in [0.15, 0.2) is 35.3 Å². The SMILES string of the molecule is NC1=Nc2cc(C3(c4ccccc4Cl)CCC3)nn2CC1. The van der Waals surface area contributed by atoms with E-state index in [0.717, 1.165) is 42.3 Å². The number of hydrogen-bond donors (Lipinski definition) is 1. The second-order valence-electron chi connectivity index (χ2n) is 5.88. The van der Waals surface area contributed by atoms with E-state index in [1.54, 1.807) is 0 Å². The van der Waals surface area contributed by atoms with Crippen molar-refractivity contribution in [2.24, 2.45) is 10.7 Å². The van der Waals surface area contributed by atoms with Crippen LogP contribution < -0.4 is 5.73 Å². The predicted octanol–water partition coefficient (Wildman–Crippen LogP) is 3.40. The lowest BCUT2D eigenvalue weighted by Gasteiger charge is -2.41. The van der Waals surface area contributed by atoms with Crippen LogP contribution in [0.3, 0.4) is 0 Å². The molecule has 1 aromatic carbocycles. The van der Waals surface area contributed by atoms with Crippen LogP contribution in [0.4, 0.5) is 5.82 Å². The Morgan fingerprint density at radius 1 is 1.24 bits per heavy atom. The first-order chi connectivity index (χ1) is 10.2. The number of aromatic nitrogens is 2. The van der Waals surface area contributed by atoms with Crippen LogP contribution in [0.2, 0.25) is 5.02 Å². The zero-order valence-electron chi connectivity index (χ0n) is 11.7. The molecule has 1 saturated carbocycles. The minimum atomic E-state index is -0.0486. The number of amidine groups is 1. The van der Waals surface area contributed by atoms with E-state index in [9.17, 15) is 0 Å². The number of nitrogens with zero attached hydrogens (tertiary/aromatic N) is 3. The van der Waals surface area contributed by atoms with Crippen molar-refractivity contribution in [1.82, 2.24) is 9.78 Å². The maximum atomic E-state index is 6.44. The summed E-state index contributed by atoms with van der Waals surface area (Å²) in [6.45, 7) is 0.809. The van der Waals surface area contributed by atoms with E-state index in [0.29, 0.717) is 5.84 Å². The Bertz CT molecular complexity index is 728. The Morgan fingerprint density at radius 2 is 2.05 bits per heavy atom. The van der Waals surface area contributed by atoms with Gasteiger partial charge in [0.2, 0.25) is 0 Å². The van der Waals surface area contributed by atoms with Gasteiger partial charge in [-0.2, -0.15) is 5.10 Å². The lowest BCUT2D eigenvalue weighted by molar-refractivity contribution is 0.291. The third kappa shape index (κ3) is 1.89. The molecule has 1 aliphatic heterocycles. The summed E-state index contributed by atoms with van der Waals surface area (Å²) in [6.07, 6.45) is 4.16. The molecule has 2 aromatic rings. The molecule has 1 aliphatic carbocycles. The van der Waals surface area contributed by atoms with Crippen molar-refractivity contribution >= 4 is 23.3 Å². The molecule has 2 heterocycles. The van der Waals surface area contributed by atoms with Gasteiger partial charge in [0.05, 0.1) is 12.2 Å². The van der Waals surface area contributed by atoms with Gasteiger partial charge in [-0.1, -0.05) is 36.2 Å². The average Bonchev–Trinajstić information content (AvgIpc) is 2.82. The highest BCUT2D eigenvalue weighted by Crippen LogP contribution is 2.51. The van der Waals surface area contributed by atoms with Gasteiger partial charge in [-0.15, -0.1) is 0 Å². The molecule has 21 heavy (non-hydrogen) atoms. The number of halogens is 1. The summed E-state index contributed by atoms with van der Waals surface area (Å²) in [7, 11) is 0. The molecule has 0 atom stereocenters. The molecule has 2 aliphatic rings. The van der Waals surface area contributed by atoms with Gasteiger partial charge < -0.3 is 5.73 Å². The number of benzene rings is 1. The molecule has 0 amide bonds. The van der Waals surface area contributed by atoms with Gasteiger partial charge in [0.1, 0.15) is 5.84 Å². The van der Waals surface area contributed by atoms with Crippen molar-refractivity contribution in [3.8, 4) is 0 Å². The standard InChI is InChI=1S/C16H17ClN4/c17-12-5-2-1-4-11(12)16(7-3-8-16)13-10-15-19-14(18)6-9-21(15)20-13/h1-2,4-5,10H,3,6-9H2,(H2,18,19). The third-order valence-corrected chi connectivity index (χ3v) is 5.01. The lowest BCUT2D eigenvalue weighted by atomic mass is 9.62. The van der Waals surface area contributed by atoms with Crippen LogP contribution in [0.5, 0.6) is 0 Å². The van der Waals surface area contributed by atoms with Crippen molar-refractivity contribution in [2.45, 2.75) is 37.6 Å². The average molecular weight is 301 g/mol. The number of rotatable bonds is 2. The summed E-state index contributed by atoms with van der Waals surface area (Å²) < 4.78 is 1.96. The predicted molar refractivity (Wildman–Crippen MR) is 84.2 cm³/mol. The quantitative estimate of drug-likeness (QED) is 0.924. The highest BCUT2D eigenvalue weighted by atomic mass is 35.5. The fraction of sp³-hybridized carbons (Fsp3) is 0.375. The molecule has 0 spiro atoms. The van der Waals surface area contributed by atoms with Crippen LogP contribution in [-0.2, 0) is 12.0 Å². The molecule has 5 heteroatoms. The summed E-state index contributed by atoms with van der Waals surface area (Å²) in [5, 5.41) is 5.62. The monoisotopic (exact) mass is 300 g/mol. The van der Waals surface area contributed by atoms with Crippen LogP contribution in [0.1, 0.15) is 36.9 Å². The first kappa shape index (κ1) is 12.9. The van der Waals surface area contributed by atoms with Crippen LogP contribution in [0, 0.1) is 0 Å². The molecule has 1 aromatic heterocycles. The summed E-state index contributed by atoms with van der Waals surface area (Å²) in [6, 6.07) is 10.2. The zero-order valence-corrected chi connectivity index (χ0v) is 12.5. The molecule has 0 unspecified atom stereocenters. The van der Waals surface area contributed by atoms with Crippen molar-refractivity contribution in [3.63, 3.8) is 0 Å². The smallest absolute Gasteiger partial charge is 0.152 e. The van der Waals surface area contributed by atoms with E-state index in [4.69, 9.17) is 22.4 Å². The third-order valence-electron chi connectivity index (χ3n) is 4.68. The van der Waals surface area contributed by atoms with Gasteiger partial charge in [0.15, 0.2) is 5.82 Å². The van der Waals surface area contributed by atoms with Crippen LogP contribution >= 0.6 is 11.6 Å². The molecule has 0 saturated heterocycles. The van der Waals surface area contributed by atoms with Crippen molar-refractivity contribution < 1.29 is 0 Å². The summed E-state index contributed by atoms with van der Waals surface area (Å²) in [5.74, 6) is 1.56. The first-order valence-corrected chi connectivity index (χ1v) is 7.73. The highest BCUT2D eigenvalue weighted by Gasteiger charge is 2.44. The molecular formula is C16H17ClN4. The maximum Gasteiger partial charge on any atom is 0.152 e. The van der Waals surface area contributed by atoms with E-state index in [2.05, 4.69) is 17.1 Å². The normalized spacial score (nSPS) is 19.6. The van der Waals surface area contributed by atoms with E-state index in [1.165, 1.54) is 12.0 Å². The largest absolute Gasteiger partial charge is 0.387 e. The van der Waals surface area contributed by atoms with Gasteiger partial charge in [0.25, 0.3) is 0 Å². The molecule has 1 fully saturated rings. The van der Waals surface area contributed by atoms with Crippen LogP contribution in [0.25, 0.3) is 0 Å². The van der Waals surface area contributed by atoms with Gasteiger partial charge in [-0.05, 0) is 24.5 Å². The highest BCUT2D eigenvalue weighted by molar-refractivity contribution is 6.31. The van der Waals surface area contributed by atoms with E-state index in [-0.39, 0.29) is 5.41 Å². The Morgan fingerprint density at radius 3 is 2.76 bits per heavy atom. The second kappa shape index (κ2) is 4.60. The fourth-order valence-electron chi connectivity index (χ4n) is 3.36. The van der Waals surface area contributed by atoms with Gasteiger partial charge in [-0.25, -0.2) is 9.67 Å². The van der Waals surface area contributed by atoms with E-state index in [1.807, 2.05) is 22.9 Å². The summed E-state index contributed by atoms with van der Waals surface area (Å²) >= 11 is 6.44. The topological polar surface area (TPSA) is 56.2 Å². The molecule has 0 bridgehead atoms. The molecule has 108 valence electrons. The number of fused-ring (bicyclic) bond motifs is 1. The first-order valence-electron chi connectivity index (χ1n) is 7.35. The zero-order chi connectivity index (χ0) is 14.4. The second-order valence-corrected chi connectivity index (χ2v) is 6.29. The molecule has 2 N–H and O–H groups in total. The van der Waals surface area contributed by atoms with Crippen LogP contribution in [-0.4, -0.2) is 15.6 Å². The Balaban J connectivity index is 1.83. The van der Waals surface area contributed by atoms with Crippen molar-refractivity contribution in [2.75, 3.05) is 0 Å². The fourth-order valence-corrected chi connectivity index (χ4v) is 3.68. The Kier molecular flexibility index (Phi) is 2.82. The van der Waals surface area contributed by atoms with Gasteiger partial charge in [0, 0.05) is 22.9 Å². The van der Waals surface area contributed by atoms with Gasteiger partial charge in [-0.3, -0.25) is 0 Å². The van der Waals surface area contributed by atoms with Crippen molar-refractivity contribution in [1.29, 1.82) is 0 Å². The molecule has 4 nitrogen and oxygen atoms in total. The molecular weight excluding hydrogens is 284 g/mol. The minimum absolute atomic E-state index is 0.0486. The number of hydrogen-bond acceptors (Lipinski definition) is 3. The Labute approximate surface area is 128 Å². The number of nitrogens with two attached hydrogens (primary N) is 1. The summed E-state index contributed by atoms with van der Waals surface area (Å²) in [4.78, 5) is 4.42. The minimum Gasteiger partial charge on any atom is -0.387 e. The van der Waals surface area contributed by atoms with E-state index < -0.39 is 0 Å². The maximum absolute atomic E-state index is 6.44. The van der Waals surface area contributed by atoms with E-state index >= 15 is 0 Å². The van der Waals surface area contributed by atoms with Crippen molar-refractivity contribution in [3.05, 3.63) is 46.6 Å². The lowest BCUT2D eigenvalue weighted by Crippen LogP contribution is -2.36. The number of aryl methyl sites for hydroxylation is 1. The summed E-state index contributed by atoms with van der Waals surface area (Å²) in [5.41, 5.74) is 8.05. The molecule has 4 rings (SSSR count). The van der Waals surface area contributed by atoms with Gasteiger partial charge >= 0.3 is 0 Å². The Hall–Kier alpha value is -1.81.